The highest BCUT2D eigenvalue weighted by Gasteiger charge is 2.52. The minimum absolute atomic E-state index is 0.0735. The van der Waals surface area contributed by atoms with Crippen molar-refractivity contribution >= 4 is 41.4 Å². The summed E-state index contributed by atoms with van der Waals surface area (Å²) in [5.74, 6) is 0. The topological polar surface area (TPSA) is 18.5 Å². The van der Waals surface area contributed by atoms with Crippen molar-refractivity contribution in [2.75, 3.05) is 0 Å². The van der Waals surface area contributed by atoms with Crippen LogP contribution in [0.25, 0.3) is 0 Å². The maximum atomic E-state index is 9.75. The first kappa shape index (κ1) is 14.7. The third-order valence-corrected chi connectivity index (χ3v) is 11.5. The molecule has 0 radical (unpaired) electrons. The van der Waals surface area contributed by atoms with Crippen LogP contribution in [-0.4, -0.2) is 26.4 Å². The van der Waals surface area contributed by atoms with Crippen molar-refractivity contribution in [3.63, 3.8) is 0 Å². The van der Waals surface area contributed by atoms with Gasteiger partial charge in [0.25, 0.3) is 0 Å². The van der Waals surface area contributed by atoms with Crippen LogP contribution >= 0.6 is 0 Å². The first-order chi connectivity index (χ1) is 21.7. The Bertz CT molecular complexity index is 1880. The molecule has 1 saturated heterocycles. The average molecular weight is 502 g/mol. The number of hydrogen-bond donors (Lipinski definition) is 0. The smallest absolute Gasteiger partial charge is 0.399 e. The van der Waals surface area contributed by atoms with Gasteiger partial charge < -0.3 is 9.31 Å². The zero-order valence-corrected chi connectivity index (χ0v) is 22.1. The van der Waals surface area contributed by atoms with E-state index in [1.165, 1.54) is 0 Å². The molecular formula is C32H35BO2Si. The molecule has 0 N–H and O–H groups in total. The lowest BCUT2D eigenvalue weighted by Crippen LogP contribution is -2.75. The van der Waals surface area contributed by atoms with Gasteiger partial charge in [-0.1, -0.05) is 114 Å². The van der Waals surface area contributed by atoms with E-state index in [-0.39, 0.29) is 21.9 Å². The first-order valence-electron chi connectivity index (χ1n) is 17.4. The van der Waals surface area contributed by atoms with Crippen LogP contribution in [0.15, 0.2) is 103 Å². The Kier molecular flexibility index (Phi) is 3.76. The zero-order chi connectivity index (χ0) is 35.0. The molecule has 1 heterocycles. The van der Waals surface area contributed by atoms with Gasteiger partial charge in [0.1, 0.15) is 0 Å². The SMILES string of the molecule is [2H]c1c([2H])c(B2OC(C)(C)C(C)(C)O2)c([2H])c([Si](c2ccccc2)(c2cccc(C)c2)c2c([2H])c([2H])c([2H])c(C([2H])([2H])[2H])c2[2H])c1[2H]. The van der Waals surface area contributed by atoms with Crippen molar-refractivity contribution in [1.29, 1.82) is 0 Å². The van der Waals surface area contributed by atoms with E-state index in [9.17, 15) is 5.48 Å². The third kappa shape index (κ3) is 4.17. The molecule has 1 aliphatic heterocycles. The van der Waals surface area contributed by atoms with Gasteiger partial charge in [0.15, 0.2) is 8.07 Å². The second kappa shape index (κ2) is 9.19. The largest absolute Gasteiger partial charge is 0.494 e. The number of aryl methyl sites for hydroxylation is 1. The quantitative estimate of drug-likeness (QED) is 0.304. The fraction of sp³-hybridized carbons (Fsp3) is 0.250. The fourth-order valence-corrected chi connectivity index (χ4v) is 8.95. The van der Waals surface area contributed by atoms with Gasteiger partial charge in [-0.25, -0.2) is 0 Å². The summed E-state index contributed by atoms with van der Waals surface area (Å²) in [6, 6.07) is 11.2. The standard InChI is InChI=1S/C32H35BO2Si/c1-24-13-10-18-28(21-24)36(27-16-8-7-9-17-27,29-19-11-14-25(2)22-29)30-20-12-15-26(23-30)33-34-31(3,4)32(5,6)35-33/h7-23H,1-6H3/i1D3,10D,12D,13D,15D,18D,20D,21D,23D. The normalized spacial score (nSPS) is 22.8. The molecule has 0 spiro atoms. The Morgan fingerprint density at radius 2 is 1.36 bits per heavy atom. The summed E-state index contributed by atoms with van der Waals surface area (Å²) in [6.45, 7) is 6.07. The van der Waals surface area contributed by atoms with E-state index < -0.39 is 81.1 Å². The maximum Gasteiger partial charge on any atom is 0.494 e. The molecule has 1 aliphatic rings. The molecular weight excluding hydrogens is 455 g/mol. The highest BCUT2D eigenvalue weighted by atomic mass is 28.3. The lowest BCUT2D eigenvalue weighted by atomic mass is 9.79. The molecule has 2 nitrogen and oxygen atoms in total. The molecule has 5 rings (SSSR count). The molecule has 1 fully saturated rings. The van der Waals surface area contributed by atoms with Crippen molar-refractivity contribution in [2.45, 2.75) is 52.7 Å². The van der Waals surface area contributed by atoms with E-state index in [1.807, 2.05) is 40.7 Å². The van der Waals surface area contributed by atoms with Crippen LogP contribution in [0, 0.1) is 13.8 Å². The van der Waals surface area contributed by atoms with Crippen LogP contribution in [0.1, 0.15) is 53.9 Å². The number of benzene rings is 4. The highest BCUT2D eigenvalue weighted by molar-refractivity contribution is 7.20. The molecule has 0 saturated carbocycles. The van der Waals surface area contributed by atoms with Crippen molar-refractivity contribution in [3.05, 3.63) is 114 Å². The monoisotopic (exact) mass is 501 g/mol. The van der Waals surface area contributed by atoms with Crippen LogP contribution in [0.3, 0.4) is 0 Å². The molecule has 4 aromatic rings. The lowest BCUT2D eigenvalue weighted by Gasteiger charge is -2.35. The molecule has 0 bridgehead atoms. The predicted molar refractivity (Wildman–Crippen MR) is 155 cm³/mol. The summed E-state index contributed by atoms with van der Waals surface area (Å²) < 4.78 is 110. The lowest BCUT2D eigenvalue weighted by molar-refractivity contribution is 0.00578. The molecule has 1 atom stereocenters. The Balaban J connectivity index is 2.10. The number of rotatable bonds is 5. The summed E-state index contributed by atoms with van der Waals surface area (Å²) in [5, 5.41) is 0.662. The maximum absolute atomic E-state index is 9.75. The first-order valence-corrected chi connectivity index (χ1v) is 13.9. The Morgan fingerprint density at radius 1 is 0.722 bits per heavy atom. The highest BCUT2D eigenvalue weighted by Crippen LogP contribution is 2.36. The van der Waals surface area contributed by atoms with Crippen LogP contribution in [0.4, 0.5) is 0 Å². The second-order valence-corrected chi connectivity index (χ2v) is 13.8. The van der Waals surface area contributed by atoms with Gasteiger partial charge in [-0.3, -0.25) is 0 Å². The minimum Gasteiger partial charge on any atom is -0.399 e. The van der Waals surface area contributed by atoms with Crippen LogP contribution in [-0.2, 0) is 9.31 Å². The zero-order valence-electron chi connectivity index (χ0n) is 32.1. The van der Waals surface area contributed by atoms with Gasteiger partial charge in [-0.05, 0) is 67.7 Å². The van der Waals surface area contributed by atoms with E-state index in [0.717, 1.165) is 5.56 Å². The van der Waals surface area contributed by atoms with E-state index in [0.29, 0.717) is 10.4 Å². The molecule has 0 aromatic heterocycles. The minimum atomic E-state index is -4.40. The second-order valence-electron chi connectivity index (χ2n) is 10.1. The van der Waals surface area contributed by atoms with Crippen molar-refractivity contribution < 1.29 is 24.4 Å². The van der Waals surface area contributed by atoms with E-state index in [2.05, 4.69) is 0 Å². The van der Waals surface area contributed by atoms with Crippen LogP contribution in [0.2, 0.25) is 0 Å². The van der Waals surface area contributed by atoms with E-state index in [1.54, 1.807) is 48.5 Å². The number of hydrogen-bond acceptors (Lipinski definition) is 2. The van der Waals surface area contributed by atoms with Gasteiger partial charge >= 0.3 is 7.12 Å². The summed E-state index contributed by atoms with van der Waals surface area (Å²) >= 11 is 0. The van der Waals surface area contributed by atoms with Crippen molar-refractivity contribution in [2.24, 2.45) is 0 Å². The third-order valence-electron chi connectivity index (χ3n) is 7.17. The van der Waals surface area contributed by atoms with Crippen LogP contribution < -0.4 is 26.2 Å². The molecule has 0 amide bonds. The Labute approximate surface area is 232 Å². The van der Waals surface area contributed by atoms with Gasteiger partial charge in [0.2, 0.25) is 0 Å². The molecule has 4 aromatic carbocycles. The predicted octanol–water partition coefficient (Wildman–Crippen LogP) is 3.98. The summed E-state index contributed by atoms with van der Waals surface area (Å²) in [5.41, 5.74) is -1.78. The van der Waals surface area contributed by atoms with Gasteiger partial charge in [0, 0.05) is 4.11 Å². The van der Waals surface area contributed by atoms with Gasteiger partial charge in [0.05, 0.1) is 22.2 Å². The summed E-state index contributed by atoms with van der Waals surface area (Å²) in [7, 11) is -5.67. The van der Waals surface area contributed by atoms with E-state index in [4.69, 9.17) is 18.9 Å². The van der Waals surface area contributed by atoms with E-state index >= 15 is 0 Å². The molecule has 182 valence electrons. The summed E-state index contributed by atoms with van der Waals surface area (Å²) in [4.78, 5) is 0. The average Bonchev–Trinajstić information content (AvgIpc) is 3.19. The van der Waals surface area contributed by atoms with Gasteiger partial charge in [-0.15, -0.1) is 0 Å². The Morgan fingerprint density at radius 3 is 2.03 bits per heavy atom. The molecule has 4 heteroatoms. The molecule has 1 unspecified atom stereocenters. The van der Waals surface area contributed by atoms with Crippen molar-refractivity contribution in [3.8, 4) is 0 Å². The van der Waals surface area contributed by atoms with Crippen molar-refractivity contribution in [1.82, 2.24) is 0 Å². The fourth-order valence-electron chi connectivity index (χ4n) is 4.59. The Hall–Kier alpha value is -2.92. The van der Waals surface area contributed by atoms with Crippen LogP contribution in [0.5, 0.6) is 0 Å². The molecule has 36 heavy (non-hydrogen) atoms. The molecule has 0 aliphatic carbocycles. The van der Waals surface area contributed by atoms with Gasteiger partial charge in [-0.2, -0.15) is 0 Å². The summed E-state index contributed by atoms with van der Waals surface area (Å²) in [6.07, 6.45) is 0.